The number of rotatable bonds is 5. The molecule has 1 aliphatic rings. The molecule has 1 atom stereocenters. The van der Waals surface area contributed by atoms with Gasteiger partial charge in [0, 0.05) is 25.6 Å². The molecule has 1 aliphatic heterocycles. The maximum absolute atomic E-state index is 13.8. The van der Waals surface area contributed by atoms with Gasteiger partial charge in [0.25, 0.3) is 0 Å². The molecule has 1 heterocycles. The van der Waals surface area contributed by atoms with Crippen LogP contribution in [-0.4, -0.2) is 38.4 Å². The highest BCUT2D eigenvalue weighted by atomic mass is 32.2. The Bertz CT molecular complexity index is 646. The van der Waals surface area contributed by atoms with Gasteiger partial charge >= 0.3 is 0 Å². The zero-order valence-corrected chi connectivity index (χ0v) is 12.9. The van der Waals surface area contributed by atoms with Crippen molar-refractivity contribution in [3.63, 3.8) is 0 Å². The Hall–Kier alpha value is -1.47. The summed E-state index contributed by atoms with van der Waals surface area (Å²) in [7, 11) is -3.93. The number of carbonyl (C=O) groups is 1. The summed E-state index contributed by atoms with van der Waals surface area (Å²) < 4.78 is 40.5. The average molecular weight is 314 g/mol. The normalized spacial score (nSPS) is 17.3. The number of sulfonamides is 1. The summed E-state index contributed by atoms with van der Waals surface area (Å²) >= 11 is 0. The van der Waals surface area contributed by atoms with E-state index in [-0.39, 0.29) is 10.8 Å². The molecule has 1 amide bonds. The first kappa shape index (κ1) is 15.9. The molecule has 1 aromatic rings. The fraction of sp³-hybridized carbons (Fsp3) is 0.500. The second-order valence-corrected chi connectivity index (χ2v) is 7.08. The third kappa shape index (κ3) is 3.79. The monoisotopic (exact) mass is 314 g/mol. The lowest BCUT2D eigenvalue weighted by molar-refractivity contribution is -0.127. The van der Waals surface area contributed by atoms with E-state index < -0.39 is 21.9 Å². The van der Waals surface area contributed by atoms with Crippen molar-refractivity contribution in [2.75, 3.05) is 13.1 Å². The number of hydrogen-bond donors (Lipinski definition) is 1. The zero-order chi connectivity index (χ0) is 15.6. The fourth-order valence-electron chi connectivity index (χ4n) is 2.42. The minimum atomic E-state index is -3.93. The molecule has 0 saturated carbocycles. The van der Waals surface area contributed by atoms with Crippen molar-refractivity contribution in [1.29, 1.82) is 0 Å². The van der Waals surface area contributed by atoms with Gasteiger partial charge in [0.2, 0.25) is 15.9 Å². The van der Waals surface area contributed by atoms with E-state index in [1.54, 1.807) is 24.8 Å². The largest absolute Gasteiger partial charge is 0.341 e. The van der Waals surface area contributed by atoms with Gasteiger partial charge in [0.15, 0.2) is 0 Å². The Morgan fingerprint density at radius 1 is 1.43 bits per heavy atom. The predicted molar refractivity (Wildman–Crippen MR) is 76.7 cm³/mol. The number of hydrogen-bond acceptors (Lipinski definition) is 3. The van der Waals surface area contributed by atoms with Crippen molar-refractivity contribution in [2.24, 2.45) is 0 Å². The van der Waals surface area contributed by atoms with Crippen LogP contribution in [0.1, 0.15) is 25.3 Å². The summed E-state index contributed by atoms with van der Waals surface area (Å²) in [5.41, 5.74) is 0.655. The Morgan fingerprint density at radius 3 is 2.71 bits per heavy atom. The SMILES string of the molecule is Cc1ccc(S(=O)(=O)N[C@H](C)CN2CCCC2=O)c(F)c1. The number of benzene rings is 1. The molecule has 0 aliphatic carbocycles. The van der Waals surface area contributed by atoms with Crippen LogP contribution in [0.2, 0.25) is 0 Å². The highest BCUT2D eigenvalue weighted by molar-refractivity contribution is 7.89. The summed E-state index contributed by atoms with van der Waals surface area (Å²) in [5.74, 6) is -0.741. The van der Waals surface area contributed by atoms with Gasteiger partial charge in [0.1, 0.15) is 10.7 Å². The van der Waals surface area contributed by atoms with Gasteiger partial charge in [-0.15, -0.1) is 0 Å². The highest BCUT2D eigenvalue weighted by Crippen LogP contribution is 2.16. The van der Waals surface area contributed by atoms with Crippen LogP contribution in [0.15, 0.2) is 23.1 Å². The first-order valence-corrected chi connectivity index (χ1v) is 8.34. The smallest absolute Gasteiger partial charge is 0.243 e. The average Bonchev–Trinajstić information content (AvgIpc) is 2.73. The molecule has 1 saturated heterocycles. The van der Waals surface area contributed by atoms with E-state index in [9.17, 15) is 17.6 Å². The molecule has 2 rings (SSSR count). The first-order valence-electron chi connectivity index (χ1n) is 6.86. The molecule has 0 spiro atoms. The second kappa shape index (κ2) is 6.11. The minimum absolute atomic E-state index is 0.0302. The van der Waals surface area contributed by atoms with Crippen LogP contribution in [0, 0.1) is 12.7 Å². The Morgan fingerprint density at radius 2 is 2.14 bits per heavy atom. The topological polar surface area (TPSA) is 66.5 Å². The van der Waals surface area contributed by atoms with Crippen molar-refractivity contribution in [1.82, 2.24) is 9.62 Å². The fourth-order valence-corrected chi connectivity index (χ4v) is 3.71. The summed E-state index contributed by atoms with van der Waals surface area (Å²) in [4.78, 5) is 12.8. The number of likely N-dealkylation sites (tertiary alicyclic amines) is 1. The third-order valence-electron chi connectivity index (χ3n) is 3.40. The summed E-state index contributed by atoms with van der Waals surface area (Å²) in [6.07, 6.45) is 1.30. The van der Waals surface area contributed by atoms with Gasteiger partial charge in [-0.25, -0.2) is 17.5 Å². The van der Waals surface area contributed by atoms with Gasteiger partial charge in [0.05, 0.1) is 0 Å². The number of nitrogens with zero attached hydrogens (tertiary/aromatic N) is 1. The standard InChI is InChI=1S/C14H19FN2O3S/c1-10-5-6-13(12(15)8-10)21(19,20)16-11(2)9-17-7-3-4-14(17)18/h5-6,8,11,16H,3-4,7,9H2,1-2H3/t11-/m1/s1. The molecule has 1 N–H and O–H groups in total. The molecule has 0 unspecified atom stereocenters. The van der Waals surface area contributed by atoms with E-state index in [1.807, 2.05) is 0 Å². The van der Waals surface area contributed by atoms with Crippen molar-refractivity contribution in [3.8, 4) is 0 Å². The van der Waals surface area contributed by atoms with E-state index >= 15 is 0 Å². The Labute approximate surface area is 124 Å². The Kier molecular flexibility index (Phi) is 4.63. The van der Waals surface area contributed by atoms with Crippen molar-refractivity contribution >= 4 is 15.9 Å². The molecule has 1 fully saturated rings. The van der Waals surface area contributed by atoms with Gasteiger partial charge in [-0.05, 0) is 38.0 Å². The molecule has 0 radical (unpaired) electrons. The zero-order valence-electron chi connectivity index (χ0n) is 12.1. The number of carbonyl (C=O) groups excluding carboxylic acids is 1. The van der Waals surface area contributed by atoms with Crippen LogP contribution in [0.3, 0.4) is 0 Å². The van der Waals surface area contributed by atoms with E-state index in [0.717, 1.165) is 6.42 Å². The third-order valence-corrected chi connectivity index (χ3v) is 5.02. The van der Waals surface area contributed by atoms with Crippen molar-refractivity contribution < 1.29 is 17.6 Å². The lowest BCUT2D eigenvalue weighted by Crippen LogP contribution is -2.42. The van der Waals surface area contributed by atoms with Crippen molar-refractivity contribution in [2.45, 2.75) is 37.6 Å². The minimum Gasteiger partial charge on any atom is -0.341 e. The lowest BCUT2D eigenvalue weighted by Gasteiger charge is -2.21. The molecule has 0 aromatic heterocycles. The molecular formula is C14H19FN2O3S. The van der Waals surface area contributed by atoms with Crippen LogP contribution in [0.4, 0.5) is 4.39 Å². The van der Waals surface area contributed by atoms with E-state index in [4.69, 9.17) is 0 Å². The predicted octanol–water partition coefficient (Wildman–Crippen LogP) is 1.42. The van der Waals surface area contributed by atoms with Crippen LogP contribution in [0.25, 0.3) is 0 Å². The van der Waals surface area contributed by atoms with Gasteiger partial charge in [-0.3, -0.25) is 4.79 Å². The van der Waals surface area contributed by atoms with Gasteiger partial charge in [-0.1, -0.05) is 6.07 Å². The maximum atomic E-state index is 13.8. The molecule has 116 valence electrons. The van der Waals surface area contributed by atoms with Crippen molar-refractivity contribution in [3.05, 3.63) is 29.6 Å². The van der Waals surface area contributed by atoms with Gasteiger partial charge in [-0.2, -0.15) is 0 Å². The Balaban J connectivity index is 2.08. The van der Waals surface area contributed by atoms with E-state index in [1.165, 1.54) is 12.1 Å². The van der Waals surface area contributed by atoms with Gasteiger partial charge < -0.3 is 4.90 Å². The number of aryl methyl sites for hydroxylation is 1. The quantitative estimate of drug-likeness (QED) is 0.894. The first-order chi connectivity index (χ1) is 9.79. The summed E-state index contributed by atoms with van der Waals surface area (Å²) in [6.45, 7) is 4.29. The molecule has 0 bridgehead atoms. The lowest BCUT2D eigenvalue weighted by atomic mass is 10.2. The van der Waals surface area contributed by atoms with Crippen LogP contribution < -0.4 is 4.72 Å². The summed E-state index contributed by atoms with van der Waals surface area (Å²) in [5, 5.41) is 0. The summed E-state index contributed by atoms with van der Waals surface area (Å²) in [6, 6.07) is 3.51. The molecular weight excluding hydrogens is 295 g/mol. The second-order valence-electron chi connectivity index (χ2n) is 5.40. The highest BCUT2D eigenvalue weighted by Gasteiger charge is 2.25. The number of amides is 1. The molecule has 1 aromatic carbocycles. The van der Waals surface area contributed by atoms with Crippen LogP contribution in [0.5, 0.6) is 0 Å². The number of nitrogens with one attached hydrogen (secondary N) is 1. The molecule has 7 heteroatoms. The number of halogens is 1. The van der Waals surface area contributed by atoms with E-state index in [0.29, 0.717) is 25.1 Å². The van der Waals surface area contributed by atoms with Crippen LogP contribution in [-0.2, 0) is 14.8 Å². The van der Waals surface area contributed by atoms with E-state index in [2.05, 4.69) is 4.72 Å². The molecule has 5 nitrogen and oxygen atoms in total. The van der Waals surface area contributed by atoms with Crippen LogP contribution >= 0.6 is 0 Å². The maximum Gasteiger partial charge on any atom is 0.243 e. The molecule has 21 heavy (non-hydrogen) atoms.